The van der Waals surface area contributed by atoms with E-state index in [1.165, 1.54) is 0 Å². The van der Waals surface area contributed by atoms with Gasteiger partial charge in [-0.25, -0.2) is 9.97 Å². The molecule has 0 radical (unpaired) electrons. The number of aromatic nitrogens is 6. The van der Waals surface area contributed by atoms with E-state index in [2.05, 4.69) is 44.3 Å². The average molecular weight is 466 g/mol. The summed E-state index contributed by atoms with van der Waals surface area (Å²) in [6.07, 6.45) is 6.00. The fourth-order valence-corrected chi connectivity index (χ4v) is 4.72. The van der Waals surface area contributed by atoms with Crippen LogP contribution in [-0.2, 0) is 6.54 Å². The molecule has 4 heterocycles. The molecular formula is C26H23N7O2. The Bertz CT molecular complexity index is 1650. The Labute approximate surface area is 200 Å². The van der Waals surface area contributed by atoms with Crippen LogP contribution in [0, 0.1) is 6.92 Å². The number of Topliss-reactive ketones (excluding diaryl/α,β-unsaturated/α-hetero) is 2. The maximum atomic E-state index is 12.6. The normalized spacial score (nSPS) is 13.7. The van der Waals surface area contributed by atoms with E-state index in [1.807, 2.05) is 18.5 Å². The van der Waals surface area contributed by atoms with Crippen molar-refractivity contribution in [3.8, 4) is 22.6 Å². The van der Waals surface area contributed by atoms with Crippen LogP contribution in [-0.4, -0.2) is 48.2 Å². The minimum Gasteiger partial charge on any atom is -0.337 e. The van der Waals surface area contributed by atoms with Crippen LogP contribution in [0.1, 0.15) is 51.6 Å². The van der Waals surface area contributed by atoms with Crippen molar-refractivity contribution in [3.05, 3.63) is 59.0 Å². The number of aromatic amines is 2. The van der Waals surface area contributed by atoms with Crippen molar-refractivity contribution in [2.45, 2.75) is 33.2 Å². The molecule has 0 saturated heterocycles. The lowest BCUT2D eigenvalue weighted by Gasteiger charge is -2.13. The second-order valence-corrected chi connectivity index (χ2v) is 8.76. The van der Waals surface area contributed by atoms with Crippen molar-refractivity contribution in [1.29, 1.82) is 0 Å². The number of hydrogen-bond acceptors (Lipinski definition) is 7. The zero-order valence-corrected chi connectivity index (χ0v) is 19.4. The number of hydrogen-bond donors (Lipinski definition) is 3. The number of imidazole rings is 1. The maximum Gasteiger partial charge on any atom is 0.181 e. The molecule has 6 rings (SSSR count). The van der Waals surface area contributed by atoms with Crippen LogP contribution >= 0.6 is 0 Å². The van der Waals surface area contributed by atoms with Gasteiger partial charge in [0.1, 0.15) is 11.2 Å². The van der Waals surface area contributed by atoms with E-state index in [4.69, 9.17) is 4.98 Å². The summed E-state index contributed by atoms with van der Waals surface area (Å²) < 4.78 is 0. The predicted octanol–water partition coefficient (Wildman–Crippen LogP) is 4.14. The van der Waals surface area contributed by atoms with Gasteiger partial charge in [-0.15, -0.1) is 0 Å². The lowest BCUT2D eigenvalue weighted by atomic mass is 9.89. The molecular weight excluding hydrogens is 442 g/mol. The van der Waals surface area contributed by atoms with Gasteiger partial charge in [-0.2, -0.15) is 5.10 Å². The summed E-state index contributed by atoms with van der Waals surface area (Å²) in [7, 11) is 0. The van der Waals surface area contributed by atoms with E-state index in [9.17, 15) is 9.59 Å². The SMILES string of the molecule is CCNCc1cncc(-c2cnc3n[nH]c(-c4nc5c6c(ccc5[nH]4)C(=O)CCC6=O)c3c2)c1C. The topological polar surface area (TPSA) is 129 Å². The predicted molar refractivity (Wildman–Crippen MR) is 132 cm³/mol. The smallest absolute Gasteiger partial charge is 0.181 e. The van der Waals surface area contributed by atoms with E-state index < -0.39 is 0 Å². The number of rotatable bonds is 5. The molecule has 4 aromatic heterocycles. The first-order valence-corrected chi connectivity index (χ1v) is 11.6. The van der Waals surface area contributed by atoms with Crippen LogP contribution in [0.4, 0.5) is 0 Å². The number of fused-ring (bicyclic) bond motifs is 4. The Morgan fingerprint density at radius 3 is 2.77 bits per heavy atom. The Balaban J connectivity index is 1.47. The number of ketones is 2. The van der Waals surface area contributed by atoms with Crippen LogP contribution in [0.5, 0.6) is 0 Å². The lowest BCUT2D eigenvalue weighted by Crippen LogP contribution is -2.17. The molecule has 0 amide bonds. The summed E-state index contributed by atoms with van der Waals surface area (Å²) in [4.78, 5) is 42.0. The summed E-state index contributed by atoms with van der Waals surface area (Å²) in [5.74, 6) is 0.464. The number of pyridine rings is 2. The Morgan fingerprint density at radius 1 is 1.06 bits per heavy atom. The minimum absolute atomic E-state index is 0.0211. The lowest BCUT2D eigenvalue weighted by molar-refractivity contribution is 0.0891. The van der Waals surface area contributed by atoms with Crippen molar-refractivity contribution >= 4 is 33.6 Å². The van der Waals surface area contributed by atoms with Gasteiger partial charge in [0.15, 0.2) is 23.0 Å². The van der Waals surface area contributed by atoms with Gasteiger partial charge >= 0.3 is 0 Å². The first-order chi connectivity index (χ1) is 17.0. The molecule has 1 aliphatic carbocycles. The molecule has 5 aromatic rings. The van der Waals surface area contributed by atoms with Crippen LogP contribution in [0.3, 0.4) is 0 Å². The molecule has 174 valence electrons. The quantitative estimate of drug-likeness (QED) is 0.356. The molecule has 0 fully saturated rings. The molecule has 3 N–H and O–H groups in total. The van der Waals surface area contributed by atoms with Gasteiger partial charge in [-0.3, -0.25) is 19.7 Å². The van der Waals surface area contributed by atoms with Gasteiger partial charge < -0.3 is 10.3 Å². The van der Waals surface area contributed by atoms with E-state index in [-0.39, 0.29) is 24.4 Å². The third-order valence-corrected chi connectivity index (χ3v) is 6.66. The Kier molecular flexibility index (Phi) is 5.00. The summed E-state index contributed by atoms with van der Waals surface area (Å²) in [6.45, 7) is 5.80. The fraction of sp³-hybridized carbons (Fsp3) is 0.231. The van der Waals surface area contributed by atoms with Gasteiger partial charge in [0.25, 0.3) is 0 Å². The van der Waals surface area contributed by atoms with Crippen molar-refractivity contribution in [1.82, 2.24) is 35.5 Å². The maximum absolute atomic E-state index is 12.6. The zero-order chi connectivity index (χ0) is 24.1. The summed E-state index contributed by atoms with van der Waals surface area (Å²) in [5, 5.41) is 11.5. The summed E-state index contributed by atoms with van der Waals surface area (Å²) in [6, 6.07) is 5.54. The minimum atomic E-state index is -0.0536. The number of benzene rings is 1. The molecule has 35 heavy (non-hydrogen) atoms. The van der Waals surface area contributed by atoms with Crippen LogP contribution in [0.2, 0.25) is 0 Å². The second-order valence-electron chi connectivity index (χ2n) is 8.76. The summed E-state index contributed by atoms with van der Waals surface area (Å²) >= 11 is 0. The largest absolute Gasteiger partial charge is 0.337 e. The summed E-state index contributed by atoms with van der Waals surface area (Å²) in [5.41, 5.74) is 7.51. The highest BCUT2D eigenvalue weighted by molar-refractivity contribution is 6.19. The van der Waals surface area contributed by atoms with Crippen LogP contribution < -0.4 is 5.32 Å². The Hall–Kier alpha value is -4.24. The van der Waals surface area contributed by atoms with E-state index >= 15 is 0 Å². The third kappa shape index (κ3) is 3.43. The molecule has 1 aliphatic rings. The molecule has 0 unspecified atom stereocenters. The van der Waals surface area contributed by atoms with Crippen LogP contribution in [0.25, 0.3) is 44.7 Å². The number of carbonyl (C=O) groups excluding carboxylic acids is 2. The van der Waals surface area contributed by atoms with Crippen molar-refractivity contribution < 1.29 is 9.59 Å². The molecule has 0 saturated carbocycles. The molecule has 9 nitrogen and oxygen atoms in total. The third-order valence-electron chi connectivity index (χ3n) is 6.66. The monoisotopic (exact) mass is 465 g/mol. The highest BCUT2D eigenvalue weighted by Gasteiger charge is 2.27. The first kappa shape index (κ1) is 21.3. The van der Waals surface area contributed by atoms with E-state index in [0.29, 0.717) is 39.3 Å². The standard InChI is InChI=1S/C26H23N7O2/c1-3-27-9-15-10-28-12-18(13(15)2)14-8-17-23(32-33-25(17)29-11-14)26-30-19-5-4-16-20(34)6-7-21(35)22(16)24(19)31-26/h4-5,8,10-12,27H,3,6-7,9H2,1-2H3,(H,30,31)(H,29,32,33). The molecule has 1 aromatic carbocycles. The van der Waals surface area contributed by atoms with Gasteiger partial charge in [-0.1, -0.05) is 6.92 Å². The number of H-pyrrole nitrogens is 2. The van der Waals surface area contributed by atoms with Gasteiger partial charge in [0.05, 0.1) is 16.5 Å². The molecule has 0 bridgehead atoms. The van der Waals surface area contributed by atoms with E-state index in [0.717, 1.165) is 40.7 Å². The van der Waals surface area contributed by atoms with Crippen molar-refractivity contribution in [3.63, 3.8) is 0 Å². The fourth-order valence-electron chi connectivity index (χ4n) is 4.72. The number of nitrogens with one attached hydrogen (secondary N) is 3. The zero-order valence-electron chi connectivity index (χ0n) is 19.4. The number of carbonyl (C=O) groups is 2. The van der Waals surface area contributed by atoms with Gasteiger partial charge in [0, 0.05) is 54.7 Å². The second kappa shape index (κ2) is 8.21. The highest BCUT2D eigenvalue weighted by Crippen LogP contribution is 2.33. The molecule has 0 aliphatic heterocycles. The van der Waals surface area contributed by atoms with Gasteiger partial charge in [0.2, 0.25) is 0 Å². The first-order valence-electron chi connectivity index (χ1n) is 11.6. The average Bonchev–Trinajstić information content (AvgIpc) is 3.49. The van der Waals surface area contributed by atoms with Crippen LogP contribution in [0.15, 0.2) is 36.8 Å². The molecule has 0 spiro atoms. The highest BCUT2D eigenvalue weighted by atomic mass is 16.1. The molecule has 0 atom stereocenters. The van der Waals surface area contributed by atoms with Crippen molar-refractivity contribution in [2.75, 3.05) is 6.54 Å². The molecule has 9 heteroatoms. The van der Waals surface area contributed by atoms with Crippen molar-refractivity contribution in [2.24, 2.45) is 0 Å². The van der Waals surface area contributed by atoms with E-state index in [1.54, 1.807) is 18.3 Å². The Morgan fingerprint density at radius 2 is 1.91 bits per heavy atom. The number of nitrogens with zero attached hydrogens (tertiary/aromatic N) is 4. The van der Waals surface area contributed by atoms with Gasteiger partial charge in [-0.05, 0) is 42.8 Å².